The number of hydrogen-bond donors (Lipinski definition) is 2. The fraction of sp³-hybridized carbons (Fsp3) is 0.167. The van der Waals surface area contributed by atoms with Crippen LogP contribution >= 0.6 is 11.6 Å². The summed E-state index contributed by atoms with van der Waals surface area (Å²) in [6.07, 6.45) is 3.47. The molecule has 0 spiro atoms. The first-order valence-electron chi connectivity index (χ1n) is 8.05. The van der Waals surface area contributed by atoms with Crippen molar-refractivity contribution in [3.63, 3.8) is 0 Å². The van der Waals surface area contributed by atoms with Gasteiger partial charge in [0.15, 0.2) is 0 Å². The third kappa shape index (κ3) is 4.79. The van der Waals surface area contributed by atoms with Crippen LogP contribution in [-0.4, -0.2) is 27.7 Å². The minimum Gasteiger partial charge on any atom is -0.351 e. The SMILES string of the molecule is O=C(CCNC(=O)c1ccc(F)cc1F)NCc1cn2cc(Cl)ccc2n1. The van der Waals surface area contributed by atoms with Gasteiger partial charge in [-0.1, -0.05) is 11.6 Å². The topological polar surface area (TPSA) is 75.5 Å². The lowest BCUT2D eigenvalue weighted by Gasteiger charge is -2.06. The van der Waals surface area contributed by atoms with Crippen LogP contribution in [0.25, 0.3) is 5.65 Å². The molecule has 0 fully saturated rings. The molecule has 2 amide bonds. The largest absolute Gasteiger partial charge is 0.351 e. The lowest BCUT2D eigenvalue weighted by Crippen LogP contribution is -2.31. The monoisotopic (exact) mass is 392 g/mol. The van der Waals surface area contributed by atoms with Gasteiger partial charge in [-0.3, -0.25) is 9.59 Å². The molecule has 27 heavy (non-hydrogen) atoms. The number of nitrogens with one attached hydrogen (secondary N) is 2. The highest BCUT2D eigenvalue weighted by Crippen LogP contribution is 2.12. The molecule has 0 saturated heterocycles. The van der Waals surface area contributed by atoms with E-state index in [1.165, 1.54) is 0 Å². The van der Waals surface area contributed by atoms with Gasteiger partial charge in [0.05, 0.1) is 22.8 Å². The molecule has 2 aromatic heterocycles. The first-order chi connectivity index (χ1) is 12.9. The lowest BCUT2D eigenvalue weighted by atomic mass is 10.2. The molecule has 3 aromatic rings. The van der Waals surface area contributed by atoms with E-state index < -0.39 is 17.5 Å². The average Bonchev–Trinajstić information content (AvgIpc) is 3.01. The average molecular weight is 393 g/mol. The highest BCUT2D eigenvalue weighted by Gasteiger charge is 2.12. The molecular formula is C18H15ClF2N4O2. The number of carbonyl (C=O) groups is 2. The molecule has 0 atom stereocenters. The Morgan fingerprint density at radius 2 is 1.93 bits per heavy atom. The van der Waals surface area contributed by atoms with Crippen molar-refractivity contribution < 1.29 is 18.4 Å². The van der Waals surface area contributed by atoms with Gasteiger partial charge < -0.3 is 15.0 Å². The molecule has 1 aromatic carbocycles. The summed E-state index contributed by atoms with van der Waals surface area (Å²) >= 11 is 5.91. The van der Waals surface area contributed by atoms with Crippen LogP contribution < -0.4 is 10.6 Å². The number of aromatic nitrogens is 2. The quantitative estimate of drug-likeness (QED) is 0.677. The van der Waals surface area contributed by atoms with E-state index in [0.717, 1.165) is 12.1 Å². The van der Waals surface area contributed by atoms with E-state index in [0.29, 0.717) is 22.4 Å². The summed E-state index contributed by atoms with van der Waals surface area (Å²) in [4.78, 5) is 28.0. The molecule has 3 rings (SSSR count). The molecule has 0 aliphatic rings. The fourth-order valence-corrected chi connectivity index (χ4v) is 2.61. The Balaban J connectivity index is 1.45. The number of pyridine rings is 1. The van der Waals surface area contributed by atoms with Gasteiger partial charge >= 0.3 is 0 Å². The molecule has 0 radical (unpaired) electrons. The number of carbonyl (C=O) groups excluding carboxylic acids is 2. The number of halogens is 3. The van der Waals surface area contributed by atoms with E-state index in [2.05, 4.69) is 15.6 Å². The van der Waals surface area contributed by atoms with Crippen LogP contribution in [0, 0.1) is 11.6 Å². The fourth-order valence-electron chi connectivity index (χ4n) is 2.44. The van der Waals surface area contributed by atoms with Crippen LogP contribution in [0.5, 0.6) is 0 Å². The molecule has 2 heterocycles. The third-order valence-corrected chi connectivity index (χ3v) is 3.97. The van der Waals surface area contributed by atoms with Gasteiger partial charge in [0.25, 0.3) is 5.91 Å². The van der Waals surface area contributed by atoms with E-state index in [4.69, 9.17) is 11.6 Å². The molecule has 0 bridgehead atoms. The van der Waals surface area contributed by atoms with Crippen LogP contribution in [0.2, 0.25) is 5.02 Å². The zero-order chi connectivity index (χ0) is 19.4. The van der Waals surface area contributed by atoms with Crippen molar-refractivity contribution >= 4 is 29.1 Å². The van der Waals surface area contributed by atoms with Crippen LogP contribution in [0.4, 0.5) is 8.78 Å². The number of hydrogen-bond acceptors (Lipinski definition) is 3. The normalized spacial score (nSPS) is 10.8. The molecule has 0 aliphatic carbocycles. The van der Waals surface area contributed by atoms with Gasteiger partial charge in [0.1, 0.15) is 17.3 Å². The number of imidazole rings is 1. The Morgan fingerprint density at radius 1 is 1.11 bits per heavy atom. The Kier molecular flexibility index (Phi) is 5.66. The van der Waals surface area contributed by atoms with Crippen molar-refractivity contribution in [1.82, 2.24) is 20.0 Å². The van der Waals surface area contributed by atoms with Gasteiger partial charge in [-0.2, -0.15) is 0 Å². The molecule has 0 aliphatic heterocycles. The third-order valence-electron chi connectivity index (χ3n) is 3.74. The van der Waals surface area contributed by atoms with Crippen molar-refractivity contribution in [2.24, 2.45) is 0 Å². The van der Waals surface area contributed by atoms with Gasteiger partial charge in [0.2, 0.25) is 5.91 Å². The van der Waals surface area contributed by atoms with Gasteiger partial charge in [-0.25, -0.2) is 13.8 Å². The van der Waals surface area contributed by atoms with Crippen LogP contribution in [0.15, 0.2) is 42.7 Å². The zero-order valence-corrected chi connectivity index (χ0v) is 14.8. The second kappa shape index (κ2) is 8.13. The molecule has 0 saturated carbocycles. The van der Waals surface area contributed by atoms with E-state index in [1.807, 2.05) is 0 Å². The van der Waals surface area contributed by atoms with Crippen LogP contribution in [-0.2, 0) is 11.3 Å². The maximum absolute atomic E-state index is 13.5. The molecule has 9 heteroatoms. The molecule has 6 nitrogen and oxygen atoms in total. The summed E-state index contributed by atoms with van der Waals surface area (Å²) in [6, 6.07) is 6.16. The highest BCUT2D eigenvalue weighted by molar-refractivity contribution is 6.30. The predicted molar refractivity (Wildman–Crippen MR) is 95.4 cm³/mol. The smallest absolute Gasteiger partial charge is 0.254 e. The number of benzene rings is 1. The van der Waals surface area contributed by atoms with E-state index in [9.17, 15) is 18.4 Å². The van der Waals surface area contributed by atoms with E-state index in [-0.39, 0.29) is 31.0 Å². The first kappa shape index (κ1) is 18.8. The summed E-state index contributed by atoms with van der Waals surface area (Å²) < 4.78 is 28.1. The number of amides is 2. The van der Waals surface area contributed by atoms with Crippen LogP contribution in [0.1, 0.15) is 22.5 Å². The van der Waals surface area contributed by atoms with Gasteiger partial charge in [0, 0.05) is 31.4 Å². The van der Waals surface area contributed by atoms with E-state index >= 15 is 0 Å². The predicted octanol–water partition coefficient (Wildman–Crippen LogP) is 2.70. The summed E-state index contributed by atoms with van der Waals surface area (Å²) in [5.41, 5.74) is 1.08. The minimum absolute atomic E-state index is 0.00769. The Bertz CT molecular complexity index is 1010. The Morgan fingerprint density at radius 3 is 2.70 bits per heavy atom. The zero-order valence-electron chi connectivity index (χ0n) is 14.0. The number of rotatable bonds is 6. The molecule has 0 unspecified atom stereocenters. The van der Waals surface area contributed by atoms with Crippen molar-refractivity contribution in [3.05, 3.63) is 70.6 Å². The maximum Gasteiger partial charge on any atom is 0.254 e. The summed E-state index contributed by atoms with van der Waals surface area (Å²) in [7, 11) is 0. The van der Waals surface area contributed by atoms with E-state index in [1.54, 1.807) is 28.9 Å². The maximum atomic E-state index is 13.5. The number of fused-ring (bicyclic) bond motifs is 1. The molecule has 140 valence electrons. The second-order valence-electron chi connectivity index (χ2n) is 5.75. The molecule has 2 N–H and O–H groups in total. The van der Waals surface area contributed by atoms with Crippen molar-refractivity contribution in [2.45, 2.75) is 13.0 Å². The first-order valence-corrected chi connectivity index (χ1v) is 8.43. The van der Waals surface area contributed by atoms with Gasteiger partial charge in [-0.15, -0.1) is 0 Å². The van der Waals surface area contributed by atoms with Crippen molar-refractivity contribution in [2.75, 3.05) is 6.54 Å². The summed E-state index contributed by atoms with van der Waals surface area (Å²) in [5, 5.41) is 5.68. The Hall–Kier alpha value is -3.00. The highest BCUT2D eigenvalue weighted by atomic mass is 35.5. The second-order valence-corrected chi connectivity index (χ2v) is 6.19. The lowest BCUT2D eigenvalue weighted by molar-refractivity contribution is -0.121. The van der Waals surface area contributed by atoms with Crippen molar-refractivity contribution in [1.29, 1.82) is 0 Å². The summed E-state index contributed by atoms with van der Waals surface area (Å²) in [5.74, 6) is -2.73. The van der Waals surface area contributed by atoms with Crippen LogP contribution in [0.3, 0.4) is 0 Å². The Labute approximate surface area is 158 Å². The van der Waals surface area contributed by atoms with Gasteiger partial charge in [-0.05, 0) is 24.3 Å². The molecular weight excluding hydrogens is 378 g/mol. The minimum atomic E-state index is -0.955. The summed E-state index contributed by atoms with van der Waals surface area (Å²) in [6.45, 7) is 0.237. The standard InChI is InChI=1S/C18H15ClF2N4O2/c19-11-1-4-16-24-13(10-25(16)9-11)8-23-17(26)5-6-22-18(27)14-3-2-12(20)7-15(14)21/h1-4,7,9-10H,5-6,8H2,(H,22,27)(H,23,26). The van der Waals surface area contributed by atoms with Crippen molar-refractivity contribution in [3.8, 4) is 0 Å². The number of nitrogens with zero attached hydrogens (tertiary/aromatic N) is 2.